The van der Waals surface area contributed by atoms with Crippen molar-refractivity contribution in [3.05, 3.63) is 23.8 Å². The summed E-state index contributed by atoms with van der Waals surface area (Å²) in [5, 5.41) is 0. The van der Waals surface area contributed by atoms with Crippen molar-refractivity contribution in [2.24, 2.45) is 5.41 Å². The van der Waals surface area contributed by atoms with E-state index in [0.717, 1.165) is 0 Å². The summed E-state index contributed by atoms with van der Waals surface area (Å²) in [6.45, 7) is 6.23. The van der Waals surface area contributed by atoms with Gasteiger partial charge in [-0.1, -0.05) is 26.8 Å². The lowest BCUT2D eigenvalue weighted by Crippen LogP contribution is -2.17. The molecule has 0 spiro atoms. The molecular formula is C14H20O5. The van der Waals surface area contributed by atoms with Crippen LogP contribution in [0.1, 0.15) is 31.1 Å². The third-order valence-electron chi connectivity index (χ3n) is 2.26. The fraction of sp³-hybridized carbons (Fsp3) is 0.500. The van der Waals surface area contributed by atoms with Crippen molar-refractivity contribution in [2.45, 2.75) is 20.8 Å². The van der Waals surface area contributed by atoms with E-state index < -0.39 is 5.97 Å². The number of hydrogen-bond acceptors (Lipinski definition) is 5. The van der Waals surface area contributed by atoms with Gasteiger partial charge in [0.25, 0.3) is 0 Å². The third-order valence-corrected chi connectivity index (χ3v) is 2.26. The second kappa shape index (κ2) is 6.43. The normalized spacial score (nSPS) is 11.0. The van der Waals surface area contributed by atoms with Crippen LogP contribution in [0.15, 0.2) is 18.2 Å². The summed E-state index contributed by atoms with van der Waals surface area (Å²) in [7, 11) is 2.95. The molecule has 0 amide bonds. The Hall–Kier alpha value is -1.75. The molecule has 0 saturated heterocycles. The van der Waals surface area contributed by atoms with Gasteiger partial charge in [-0.25, -0.2) is 4.79 Å². The highest BCUT2D eigenvalue weighted by molar-refractivity contribution is 5.95. The van der Waals surface area contributed by atoms with Crippen molar-refractivity contribution in [1.82, 2.24) is 0 Å². The monoisotopic (exact) mass is 268 g/mol. The Morgan fingerprint density at radius 3 is 2.05 bits per heavy atom. The minimum atomic E-state index is -0.640. The maximum atomic E-state index is 12.0. The number of methoxy groups -OCH3 is 2. The molecule has 0 aliphatic heterocycles. The van der Waals surface area contributed by atoms with E-state index in [4.69, 9.17) is 19.2 Å². The highest BCUT2D eigenvalue weighted by Crippen LogP contribution is 2.29. The minimum absolute atomic E-state index is 0.0921. The van der Waals surface area contributed by atoms with Crippen LogP contribution < -0.4 is 9.47 Å². The highest BCUT2D eigenvalue weighted by Gasteiger charge is 2.21. The second-order valence-electron chi connectivity index (χ2n) is 5.23. The van der Waals surface area contributed by atoms with Gasteiger partial charge in [0.1, 0.15) is 17.1 Å². The molecule has 106 valence electrons. The predicted octanol–water partition coefficient (Wildman–Crippen LogP) is 2.84. The van der Waals surface area contributed by atoms with Gasteiger partial charge < -0.3 is 9.47 Å². The molecule has 0 N–H and O–H groups in total. The Labute approximate surface area is 113 Å². The first kappa shape index (κ1) is 15.3. The zero-order valence-corrected chi connectivity index (χ0v) is 12.0. The number of ether oxygens (including phenoxy) is 2. The van der Waals surface area contributed by atoms with Gasteiger partial charge in [-0.2, -0.15) is 4.89 Å². The first-order valence-corrected chi connectivity index (χ1v) is 5.94. The smallest absolute Gasteiger partial charge is 0.380 e. The molecule has 1 aromatic rings. The third kappa shape index (κ3) is 4.44. The number of rotatable bonds is 5. The molecule has 0 fully saturated rings. The summed E-state index contributed by atoms with van der Waals surface area (Å²) in [6, 6.07) is 5.04. The molecular weight excluding hydrogens is 248 g/mol. The lowest BCUT2D eigenvalue weighted by atomic mass is 9.99. The molecule has 0 bridgehead atoms. The van der Waals surface area contributed by atoms with Gasteiger partial charge in [-0.3, -0.25) is 4.89 Å². The van der Waals surface area contributed by atoms with Crippen LogP contribution >= 0.6 is 0 Å². The van der Waals surface area contributed by atoms with E-state index in [2.05, 4.69) is 0 Å². The molecule has 0 aromatic heterocycles. The van der Waals surface area contributed by atoms with E-state index in [9.17, 15) is 4.79 Å². The summed E-state index contributed by atoms with van der Waals surface area (Å²) in [5.41, 5.74) is 0.118. The number of hydrogen-bond donors (Lipinski definition) is 0. The van der Waals surface area contributed by atoms with Gasteiger partial charge in [0, 0.05) is 0 Å². The van der Waals surface area contributed by atoms with Crippen LogP contribution in [0.25, 0.3) is 0 Å². The van der Waals surface area contributed by atoms with Gasteiger partial charge in [0.2, 0.25) is 0 Å². The lowest BCUT2D eigenvalue weighted by molar-refractivity contribution is -0.255. The van der Waals surface area contributed by atoms with Crippen LogP contribution in [0.3, 0.4) is 0 Å². The molecule has 5 heteroatoms. The maximum Gasteiger partial charge on any atom is 0.380 e. The Morgan fingerprint density at radius 2 is 1.63 bits per heavy atom. The van der Waals surface area contributed by atoms with Crippen LogP contribution in [0.4, 0.5) is 0 Å². The van der Waals surface area contributed by atoms with Gasteiger partial charge in [-0.05, 0) is 17.5 Å². The SMILES string of the molecule is COc1cccc(OC)c1C(=O)OOCC(C)(C)C. The van der Waals surface area contributed by atoms with Crippen molar-refractivity contribution in [3.8, 4) is 11.5 Å². The Balaban J connectivity index is 2.81. The van der Waals surface area contributed by atoms with Crippen LogP contribution in [-0.4, -0.2) is 26.8 Å². The van der Waals surface area contributed by atoms with Crippen LogP contribution in [0.2, 0.25) is 0 Å². The van der Waals surface area contributed by atoms with Crippen LogP contribution in [0.5, 0.6) is 11.5 Å². The molecule has 5 nitrogen and oxygen atoms in total. The first-order valence-electron chi connectivity index (χ1n) is 5.94. The number of carbonyl (C=O) groups excluding carboxylic acids is 1. The summed E-state index contributed by atoms with van der Waals surface area (Å²) < 4.78 is 10.2. The van der Waals surface area contributed by atoms with Crippen molar-refractivity contribution in [3.63, 3.8) is 0 Å². The number of benzene rings is 1. The van der Waals surface area contributed by atoms with Crippen molar-refractivity contribution in [2.75, 3.05) is 20.8 Å². The van der Waals surface area contributed by atoms with E-state index in [-0.39, 0.29) is 11.0 Å². The van der Waals surface area contributed by atoms with E-state index in [1.807, 2.05) is 20.8 Å². The second-order valence-corrected chi connectivity index (χ2v) is 5.23. The van der Waals surface area contributed by atoms with E-state index in [1.165, 1.54) is 14.2 Å². The Bertz CT molecular complexity index is 412. The standard InChI is InChI=1S/C14H20O5/c1-14(2,3)9-18-19-13(15)12-10(16-4)7-6-8-11(12)17-5/h6-8H,9H2,1-5H3. The summed E-state index contributed by atoms with van der Waals surface area (Å²) >= 11 is 0. The molecule has 19 heavy (non-hydrogen) atoms. The summed E-state index contributed by atoms with van der Waals surface area (Å²) in [6.07, 6.45) is 0. The largest absolute Gasteiger partial charge is 0.496 e. The Morgan fingerprint density at radius 1 is 1.11 bits per heavy atom. The average molecular weight is 268 g/mol. The highest BCUT2D eigenvalue weighted by atomic mass is 17.2. The number of carbonyl (C=O) groups is 1. The minimum Gasteiger partial charge on any atom is -0.496 e. The van der Waals surface area contributed by atoms with Gasteiger partial charge in [0.05, 0.1) is 20.8 Å². The zero-order valence-electron chi connectivity index (χ0n) is 12.0. The molecule has 0 atom stereocenters. The fourth-order valence-electron chi connectivity index (χ4n) is 1.35. The molecule has 0 unspecified atom stereocenters. The summed E-state index contributed by atoms with van der Waals surface area (Å²) in [4.78, 5) is 21.7. The van der Waals surface area contributed by atoms with Crippen LogP contribution in [0, 0.1) is 5.41 Å². The molecule has 0 aliphatic rings. The van der Waals surface area contributed by atoms with Gasteiger partial charge >= 0.3 is 5.97 Å². The van der Waals surface area contributed by atoms with Crippen molar-refractivity contribution < 1.29 is 24.0 Å². The predicted molar refractivity (Wildman–Crippen MR) is 70.4 cm³/mol. The maximum absolute atomic E-state index is 12.0. The van der Waals surface area contributed by atoms with E-state index >= 15 is 0 Å². The summed E-state index contributed by atoms with van der Waals surface area (Å²) in [5.74, 6) is 0.117. The lowest BCUT2D eigenvalue weighted by Gasteiger charge is -2.17. The van der Waals surface area contributed by atoms with Gasteiger partial charge in [-0.15, -0.1) is 0 Å². The fourth-order valence-corrected chi connectivity index (χ4v) is 1.35. The molecule has 0 heterocycles. The first-order chi connectivity index (χ1) is 8.89. The zero-order chi connectivity index (χ0) is 14.5. The van der Waals surface area contributed by atoms with Gasteiger partial charge in [0.15, 0.2) is 0 Å². The topological polar surface area (TPSA) is 54.0 Å². The molecule has 0 saturated carbocycles. The van der Waals surface area contributed by atoms with Crippen molar-refractivity contribution in [1.29, 1.82) is 0 Å². The van der Waals surface area contributed by atoms with Crippen molar-refractivity contribution >= 4 is 5.97 Å². The quantitative estimate of drug-likeness (QED) is 0.607. The van der Waals surface area contributed by atoms with E-state index in [1.54, 1.807) is 18.2 Å². The Kier molecular flexibility index (Phi) is 5.18. The molecule has 1 rings (SSSR count). The van der Waals surface area contributed by atoms with E-state index in [0.29, 0.717) is 18.1 Å². The molecule has 1 aromatic carbocycles. The van der Waals surface area contributed by atoms with Crippen LogP contribution in [-0.2, 0) is 9.78 Å². The average Bonchev–Trinajstić information content (AvgIpc) is 2.35. The molecule has 0 aliphatic carbocycles. The molecule has 0 radical (unpaired) electrons.